The van der Waals surface area contributed by atoms with Crippen LogP contribution in [0.1, 0.15) is 32.8 Å². The molecule has 2 N–H and O–H groups in total. The third kappa shape index (κ3) is 4.92. The molecule has 1 aliphatic heterocycles. The smallest absolute Gasteiger partial charge is 0.413 e. The van der Waals surface area contributed by atoms with E-state index >= 15 is 0 Å². The van der Waals surface area contributed by atoms with Crippen LogP contribution in [0.15, 0.2) is 33.2 Å². The number of aliphatic carboxylic acids is 1. The number of fused-ring (bicyclic) bond motifs is 1. The molecule has 0 atom stereocenters. The van der Waals surface area contributed by atoms with Crippen molar-refractivity contribution in [2.75, 3.05) is 0 Å². The van der Waals surface area contributed by atoms with Gasteiger partial charge in [0.15, 0.2) is 0 Å². The van der Waals surface area contributed by atoms with E-state index in [4.69, 9.17) is 4.74 Å². The minimum atomic E-state index is -1.06. The van der Waals surface area contributed by atoms with Crippen molar-refractivity contribution >= 4 is 45.6 Å². The first-order chi connectivity index (χ1) is 10.6. The van der Waals surface area contributed by atoms with Crippen molar-refractivity contribution in [1.29, 1.82) is 0 Å². The number of nitrogens with one attached hydrogen (secondary N) is 1. The lowest BCUT2D eigenvalue weighted by Crippen LogP contribution is -2.36. The van der Waals surface area contributed by atoms with E-state index in [1.807, 2.05) is 0 Å². The first-order valence-electron chi connectivity index (χ1n) is 6.95. The number of halogens is 1. The number of carbonyl (C=O) groups excluding carboxylic acids is 1. The Morgan fingerprint density at radius 1 is 1.35 bits per heavy atom. The van der Waals surface area contributed by atoms with E-state index in [1.54, 1.807) is 45.0 Å². The Balaban J connectivity index is 2.34. The monoisotopic (exact) mass is 380 g/mol. The van der Waals surface area contributed by atoms with Crippen LogP contribution >= 0.6 is 15.9 Å². The predicted octanol–water partition coefficient (Wildman–Crippen LogP) is 3.88. The van der Waals surface area contributed by atoms with Crippen LogP contribution in [-0.2, 0) is 9.53 Å². The molecule has 1 aromatic rings. The highest BCUT2D eigenvalue weighted by Gasteiger charge is 2.21. The molecule has 0 saturated carbocycles. The van der Waals surface area contributed by atoms with Crippen LogP contribution in [0.5, 0.6) is 0 Å². The molecule has 0 spiro atoms. The third-order valence-electron chi connectivity index (χ3n) is 2.86. The van der Waals surface area contributed by atoms with Crippen LogP contribution in [0.2, 0.25) is 0 Å². The zero-order chi connectivity index (χ0) is 17.2. The van der Waals surface area contributed by atoms with Crippen molar-refractivity contribution < 1.29 is 19.4 Å². The summed E-state index contributed by atoms with van der Waals surface area (Å²) in [6.07, 6.45) is 0.887. The second kappa shape index (κ2) is 6.54. The quantitative estimate of drug-likeness (QED) is 0.773. The van der Waals surface area contributed by atoms with Crippen LogP contribution < -0.4 is 5.32 Å². The highest BCUT2D eigenvalue weighted by Crippen LogP contribution is 2.29. The normalized spacial score (nSPS) is 14.1. The van der Waals surface area contributed by atoms with Crippen LogP contribution in [0.25, 0.3) is 6.08 Å². The molecule has 0 bridgehead atoms. The van der Waals surface area contributed by atoms with Crippen molar-refractivity contribution in [3.8, 4) is 0 Å². The summed E-state index contributed by atoms with van der Waals surface area (Å²) in [5.74, 6) is -0.829. The van der Waals surface area contributed by atoms with E-state index in [9.17, 15) is 14.7 Å². The van der Waals surface area contributed by atoms with Crippen molar-refractivity contribution in [3.05, 3.63) is 33.8 Å². The number of benzene rings is 1. The summed E-state index contributed by atoms with van der Waals surface area (Å²) in [5, 5.41) is 11.8. The minimum absolute atomic E-state index is 0.000868. The van der Waals surface area contributed by atoms with Gasteiger partial charge in [-0.2, -0.15) is 0 Å². The molecule has 6 nitrogen and oxygen atoms in total. The van der Waals surface area contributed by atoms with Gasteiger partial charge in [0.1, 0.15) is 11.4 Å². The number of alkyl carbamates (subject to hydrolysis) is 1. The SMILES string of the molecule is CC(C)(C)OC(=O)NC1=Nc2cc(Br)ccc2C=C(C(=O)O)C1. The average molecular weight is 381 g/mol. The highest BCUT2D eigenvalue weighted by molar-refractivity contribution is 9.10. The summed E-state index contributed by atoms with van der Waals surface area (Å²) < 4.78 is 5.99. The van der Waals surface area contributed by atoms with Gasteiger partial charge in [-0.1, -0.05) is 22.0 Å². The largest absolute Gasteiger partial charge is 0.478 e. The molecule has 0 aromatic heterocycles. The number of rotatable bonds is 1. The Kier molecular flexibility index (Phi) is 4.89. The summed E-state index contributed by atoms with van der Waals surface area (Å²) in [6.45, 7) is 5.24. The van der Waals surface area contributed by atoms with Gasteiger partial charge >= 0.3 is 12.1 Å². The highest BCUT2D eigenvalue weighted by atomic mass is 79.9. The lowest BCUT2D eigenvalue weighted by atomic mass is 10.1. The second-order valence-electron chi connectivity index (χ2n) is 6.04. The molecule has 7 heteroatoms. The molecule has 0 saturated heterocycles. The third-order valence-corrected chi connectivity index (χ3v) is 3.35. The number of carboxylic acids is 1. The Morgan fingerprint density at radius 3 is 2.65 bits per heavy atom. The Morgan fingerprint density at radius 2 is 2.04 bits per heavy atom. The van der Waals surface area contributed by atoms with E-state index in [2.05, 4.69) is 26.2 Å². The van der Waals surface area contributed by atoms with Gasteiger partial charge in [0.25, 0.3) is 0 Å². The number of hydrogen-bond acceptors (Lipinski definition) is 4. The summed E-state index contributed by atoms with van der Waals surface area (Å²) in [4.78, 5) is 27.6. The maximum atomic E-state index is 11.9. The second-order valence-corrected chi connectivity index (χ2v) is 6.96. The summed E-state index contributed by atoms with van der Waals surface area (Å²) in [6, 6.07) is 5.33. The molecule has 1 aromatic carbocycles. The molecule has 23 heavy (non-hydrogen) atoms. The number of nitrogens with zero attached hydrogens (tertiary/aromatic N) is 1. The number of hydrogen-bond donors (Lipinski definition) is 2. The van der Waals surface area contributed by atoms with E-state index in [1.165, 1.54) is 0 Å². The molecule has 0 fully saturated rings. The number of carboxylic acid groups (broad SMARTS) is 1. The van der Waals surface area contributed by atoms with Crippen molar-refractivity contribution in [3.63, 3.8) is 0 Å². The van der Waals surface area contributed by atoms with Gasteiger partial charge < -0.3 is 9.84 Å². The maximum absolute atomic E-state index is 11.9. The Labute approximate surface area is 142 Å². The first kappa shape index (κ1) is 17.2. The van der Waals surface area contributed by atoms with E-state index in [0.29, 0.717) is 11.3 Å². The van der Waals surface area contributed by atoms with Crippen LogP contribution in [0.3, 0.4) is 0 Å². The van der Waals surface area contributed by atoms with Crippen LogP contribution in [-0.4, -0.2) is 28.6 Å². The van der Waals surface area contributed by atoms with Gasteiger partial charge in [0.05, 0.1) is 5.69 Å². The molecule has 2 rings (SSSR count). The average Bonchev–Trinajstić information content (AvgIpc) is 2.54. The lowest BCUT2D eigenvalue weighted by Gasteiger charge is -2.20. The van der Waals surface area contributed by atoms with E-state index in [-0.39, 0.29) is 17.8 Å². The summed E-state index contributed by atoms with van der Waals surface area (Å²) in [7, 11) is 0. The molecule has 122 valence electrons. The minimum Gasteiger partial charge on any atom is -0.478 e. The van der Waals surface area contributed by atoms with Gasteiger partial charge in [0, 0.05) is 22.0 Å². The van der Waals surface area contributed by atoms with Gasteiger partial charge in [-0.05, 0) is 39.0 Å². The van der Waals surface area contributed by atoms with E-state index < -0.39 is 17.7 Å². The standard InChI is InChI=1S/C16H17BrN2O4/c1-16(2,3)23-15(22)19-13-7-10(14(20)21)6-9-4-5-11(17)8-12(9)18-13/h4-6,8H,7H2,1-3H3,(H,20,21)(H,18,19,22). The van der Waals surface area contributed by atoms with Gasteiger partial charge in [-0.25, -0.2) is 14.6 Å². The van der Waals surface area contributed by atoms with Crippen molar-refractivity contribution in [1.82, 2.24) is 5.32 Å². The van der Waals surface area contributed by atoms with E-state index in [0.717, 1.165) is 4.47 Å². The predicted molar refractivity (Wildman–Crippen MR) is 90.8 cm³/mol. The molecule has 0 radical (unpaired) electrons. The summed E-state index contributed by atoms with van der Waals surface area (Å²) >= 11 is 3.35. The Bertz CT molecular complexity index is 717. The molecule has 0 unspecified atom stereocenters. The molecular weight excluding hydrogens is 364 g/mol. The molecule has 1 aliphatic rings. The van der Waals surface area contributed by atoms with Gasteiger partial charge in [0.2, 0.25) is 0 Å². The Hall–Kier alpha value is -2.15. The van der Waals surface area contributed by atoms with Crippen molar-refractivity contribution in [2.45, 2.75) is 32.8 Å². The topological polar surface area (TPSA) is 88.0 Å². The van der Waals surface area contributed by atoms with Gasteiger partial charge in [-0.15, -0.1) is 0 Å². The fraction of sp³-hybridized carbons (Fsp3) is 0.312. The molecule has 1 heterocycles. The number of carbonyl (C=O) groups is 2. The van der Waals surface area contributed by atoms with Crippen LogP contribution in [0, 0.1) is 0 Å². The molecule has 0 aliphatic carbocycles. The lowest BCUT2D eigenvalue weighted by molar-refractivity contribution is -0.132. The fourth-order valence-corrected chi connectivity index (χ4v) is 2.32. The number of aliphatic imine (C=N–C) groups is 1. The van der Waals surface area contributed by atoms with Gasteiger partial charge in [-0.3, -0.25) is 5.32 Å². The zero-order valence-electron chi connectivity index (χ0n) is 13.0. The zero-order valence-corrected chi connectivity index (χ0v) is 14.6. The maximum Gasteiger partial charge on any atom is 0.413 e. The van der Waals surface area contributed by atoms with Crippen LogP contribution in [0.4, 0.5) is 10.5 Å². The fourth-order valence-electron chi connectivity index (χ4n) is 1.97. The number of amidine groups is 1. The van der Waals surface area contributed by atoms with Crippen molar-refractivity contribution in [2.24, 2.45) is 4.99 Å². The molecular formula is C16H17BrN2O4. The number of amides is 1. The number of ether oxygens (including phenoxy) is 1. The first-order valence-corrected chi connectivity index (χ1v) is 7.74. The molecule has 1 amide bonds. The summed E-state index contributed by atoms with van der Waals surface area (Å²) in [5.41, 5.74) is 0.732.